The number of rotatable bonds is 8. The quantitative estimate of drug-likeness (QED) is 0.720. The molecule has 0 atom stereocenters. The first kappa shape index (κ1) is 17.8. The molecule has 3 N–H and O–H groups in total. The van der Waals surface area contributed by atoms with Crippen LogP contribution in [0.3, 0.4) is 0 Å². The minimum absolute atomic E-state index is 0.0557. The summed E-state index contributed by atoms with van der Waals surface area (Å²) in [7, 11) is 0. The van der Waals surface area contributed by atoms with E-state index in [4.69, 9.17) is 5.73 Å². The van der Waals surface area contributed by atoms with E-state index in [0.29, 0.717) is 18.5 Å². The van der Waals surface area contributed by atoms with Crippen LogP contribution in [0, 0.1) is 0 Å². The third kappa shape index (κ3) is 6.30. The van der Waals surface area contributed by atoms with E-state index >= 15 is 0 Å². The average molecular weight is 340 g/mol. The van der Waals surface area contributed by atoms with Gasteiger partial charge in [-0.2, -0.15) is 0 Å². The molecule has 124 valence electrons. The third-order valence-corrected chi connectivity index (χ3v) is 4.27. The van der Waals surface area contributed by atoms with Crippen molar-refractivity contribution >= 4 is 35.3 Å². The van der Waals surface area contributed by atoms with Crippen molar-refractivity contribution in [3.63, 3.8) is 0 Å². The topological polar surface area (TPSA) is 72.2 Å². The normalized spacial score (nSPS) is 10.7. The van der Waals surface area contributed by atoms with Gasteiger partial charge in [-0.3, -0.25) is 9.59 Å². The Bertz CT molecular complexity index is 714. The molecular formula is C19H20N2O2S. The minimum atomic E-state index is -0.382. The van der Waals surface area contributed by atoms with Crippen LogP contribution < -0.4 is 11.1 Å². The molecule has 2 rings (SSSR count). The van der Waals surface area contributed by atoms with Crippen molar-refractivity contribution in [2.24, 2.45) is 5.73 Å². The standard InChI is InChI=1S/C19H20N2O2S/c20-18(22)14-24-17-12-6-5-11-16(17)21-19(23)13-7-4-10-15-8-2-1-3-9-15/h1-6,8-12H,7,13-14H2,(H2,20,22)(H,21,23). The number of amides is 2. The molecule has 0 aliphatic carbocycles. The van der Waals surface area contributed by atoms with Gasteiger partial charge in [0, 0.05) is 11.3 Å². The molecule has 0 heterocycles. The number of hydrogen-bond donors (Lipinski definition) is 2. The maximum Gasteiger partial charge on any atom is 0.227 e. The van der Waals surface area contributed by atoms with Crippen molar-refractivity contribution in [3.05, 3.63) is 66.2 Å². The van der Waals surface area contributed by atoms with Crippen LogP contribution in [-0.2, 0) is 9.59 Å². The number of thioether (sulfide) groups is 1. The zero-order valence-electron chi connectivity index (χ0n) is 13.3. The molecule has 0 aromatic heterocycles. The fraction of sp³-hybridized carbons (Fsp3) is 0.158. The van der Waals surface area contributed by atoms with Crippen molar-refractivity contribution in [1.29, 1.82) is 0 Å². The molecule has 0 spiro atoms. The van der Waals surface area contributed by atoms with Crippen molar-refractivity contribution < 1.29 is 9.59 Å². The van der Waals surface area contributed by atoms with Crippen molar-refractivity contribution in [2.75, 3.05) is 11.1 Å². The minimum Gasteiger partial charge on any atom is -0.369 e. The zero-order valence-corrected chi connectivity index (χ0v) is 14.1. The number of benzene rings is 2. The van der Waals surface area contributed by atoms with Gasteiger partial charge in [-0.05, 0) is 24.1 Å². The lowest BCUT2D eigenvalue weighted by Gasteiger charge is -2.09. The summed E-state index contributed by atoms with van der Waals surface area (Å²) in [5.74, 6) is -0.251. The predicted molar refractivity (Wildman–Crippen MR) is 99.7 cm³/mol. The second kappa shape index (κ2) is 9.57. The molecule has 0 radical (unpaired) electrons. The third-order valence-electron chi connectivity index (χ3n) is 3.18. The maximum absolute atomic E-state index is 12.1. The molecule has 0 fully saturated rings. The lowest BCUT2D eigenvalue weighted by atomic mass is 10.2. The highest BCUT2D eigenvalue weighted by molar-refractivity contribution is 8.00. The molecule has 0 bridgehead atoms. The number of hydrogen-bond acceptors (Lipinski definition) is 3. The lowest BCUT2D eigenvalue weighted by molar-refractivity contribution is -0.116. The fourth-order valence-electron chi connectivity index (χ4n) is 2.06. The van der Waals surface area contributed by atoms with Gasteiger partial charge in [-0.15, -0.1) is 11.8 Å². The summed E-state index contributed by atoms with van der Waals surface area (Å²) < 4.78 is 0. The molecule has 0 unspecified atom stereocenters. The summed E-state index contributed by atoms with van der Waals surface area (Å²) in [5.41, 5.74) is 6.99. The Hall–Kier alpha value is -2.53. The predicted octanol–water partition coefficient (Wildman–Crippen LogP) is 3.70. The van der Waals surface area contributed by atoms with Crippen LogP contribution in [0.1, 0.15) is 18.4 Å². The van der Waals surface area contributed by atoms with E-state index in [-0.39, 0.29) is 17.6 Å². The highest BCUT2D eigenvalue weighted by Gasteiger charge is 2.07. The first-order valence-electron chi connectivity index (χ1n) is 7.67. The Labute approximate surface area is 146 Å². The smallest absolute Gasteiger partial charge is 0.227 e. The van der Waals surface area contributed by atoms with Crippen LogP contribution in [0.2, 0.25) is 0 Å². The number of nitrogens with one attached hydrogen (secondary N) is 1. The van der Waals surface area contributed by atoms with E-state index < -0.39 is 0 Å². The Balaban J connectivity index is 1.84. The Morgan fingerprint density at radius 1 is 1.04 bits per heavy atom. The molecule has 0 saturated carbocycles. The second-order valence-corrected chi connectivity index (χ2v) is 6.17. The molecule has 5 heteroatoms. The van der Waals surface area contributed by atoms with Crippen LogP contribution in [0.4, 0.5) is 5.69 Å². The molecule has 2 aromatic rings. The largest absolute Gasteiger partial charge is 0.369 e. The number of allylic oxidation sites excluding steroid dienone is 1. The summed E-state index contributed by atoms with van der Waals surface area (Å²) in [5, 5.41) is 2.89. The van der Waals surface area contributed by atoms with Gasteiger partial charge >= 0.3 is 0 Å². The van der Waals surface area contributed by atoms with Crippen molar-refractivity contribution in [2.45, 2.75) is 17.7 Å². The zero-order chi connectivity index (χ0) is 17.2. The van der Waals surface area contributed by atoms with Gasteiger partial charge in [-0.1, -0.05) is 54.6 Å². The number of carbonyl (C=O) groups excluding carboxylic acids is 2. The Morgan fingerprint density at radius 2 is 1.75 bits per heavy atom. The Morgan fingerprint density at radius 3 is 2.50 bits per heavy atom. The van der Waals surface area contributed by atoms with Gasteiger partial charge in [0.05, 0.1) is 11.4 Å². The van der Waals surface area contributed by atoms with Gasteiger partial charge in [0.25, 0.3) is 0 Å². The van der Waals surface area contributed by atoms with E-state index in [1.165, 1.54) is 11.8 Å². The van der Waals surface area contributed by atoms with E-state index in [0.717, 1.165) is 10.5 Å². The number of carbonyl (C=O) groups is 2. The molecular weight excluding hydrogens is 320 g/mol. The van der Waals surface area contributed by atoms with Gasteiger partial charge in [0.1, 0.15) is 0 Å². The van der Waals surface area contributed by atoms with Gasteiger partial charge in [0.15, 0.2) is 0 Å². The van der Waals surface area contributed by atoms with Gasteiger partial charge < -0.3 is 11.1 Å². The molecule has 2 aromatic carbocycles. The van der Waals surface area contributed by atoms with Gasteiger partial charge in [0.2, 0.25) is 11.8 Å². The van der Waals surface area contributed by atoms with Crippen LogP contribution in [0.15, 0.2) is 65.6 Å². The molecule has 2 amide bonds. The van der Waals surface area contributed by atoms with E-state index in [1.54, 1.807) is 0 Å². The molecule has 4 nitrogen and oxygen atoms in total. The molecule has 24 heavy (non-hydrogen) atoms. The maximum atomic E-state index is 12.1. The van der Waals surface area contributed by atoms with E-state index in [2.05, 4.69) is 5.32 Å². The summed E-state index contributed by atoms with van der Waals surface area (Å²) >= 11 is 1.32. The SMILES string of the molecule is NC(=O)CSc1ccccc1NC(=O)CCC=Cc1ccccc1. The number of nitrogens with two attached hydrogens (primary N) is 1. The summed E-state index contributed by atoms with van der Waals surface area (Å²) in [4.78, 5) is 23.8. The average Bonchev–Trinajstić information content (AvgIpc) is 2.59. The van der Waals surface area contributed by atoms with Crippen LogP contribution in [-0.4, -0.2) is 17.6 Å². The van der Waals surface area contributed by atoms with Crippen LogP contribution in [0.5, 0.6) is 0 Å². The number of primary amides is 1. The molecule has 0 saturated heterocycles. The van der Waals surface area contributed by atoms with Crippen LogP contribution in [0.25, 0.3) is 6.08 Å². The van der Waals surface area contributed by atoms with Crippen molar-refractivity contribution in [1.82, 2.24) is 0 Å². The molecule has 0 aliphatic heterocycles. The summed E-state index contributed by atoms with van der Waals surface area (Å²) in [6.07, 6.45) is 5.06. The summed E-state index contributed by atoms with van der Waals surface area (Å²) in [6.45, 7) is 0. The first-order chi connectivity index (χ1) is 11.6. The highest BCUT2D eigenvalue weighted by Crippen LogP contribution is 2.26. The van der Waals surface area contributed by atoms with E-state index in [9.17, 15) is 9.59 Å². The Kier molecular flexibility index (Phi) is 7.11. The monoisotopic (exact) mass is 340 g/mol. The second-order valence-electron chi connectivity index (χ2n) is 5.15. The van der Waals surface area contributed by atoms with Crippen molar-refractivity contribution in [3.8, 4) is 0 Å². The highest BCUT2D eigenvalue weighted by atomic mass is 32.2. The number of anilines is 1. The number of para-hydroxylation sites is 1. The fourth-order valence-corrected chi connectivity index (χ4v) is 2.80. The first-order valence-corrected chi connectivity index (χ1v) is 8.65. The summed E-state index contributed by atoms with van der Waals surface area (Å²) in [6, 6.07) is 17.4. The van der Waals surface area contributed by atoms with Gasteiger partial charge in [-0.25, -0.2) is 0 Å². The van der Waals surface area contributed by atoms with E-state index in [1.807, 2.05) is 66.7 Å². The van der Waals surface area contributed by atoms with Crippen LogP contribution >= 0.6 is 11.8 Å². The molecule has 0 aliphatic rings. The lowest BCUT2D eigenvalue weighted by Crippen LogP contribution is -2.14.